The third-order valence-electron chi connectivity index (χ3n) is 3.82. The van der Waals surface area contributed by atoms with Crippen LogP contribution in [0.2, 0.25) is 0 Å². The second-order valence-electron chi connectivity index (χ2n) is 6.29. The summed E-state index contributed by atoms with van der Waals surface area (Å²) >= 11 is 0. The van der Waals surface area contributed by atoms with Gasteiger partial charge < -0.3 is 0 Å². The van der Waals surface area contributed by atoms with Crippen molar-refractivity contribution >= 4 is 27.6 Å². The standard InChI is InChI=1S/C19H24FN3OS/c1-7-8-16-17(13(2)3)21-19(23(4)25(5,6)24)22-18(16)14-9-11-15(20)12-10-14/h7-13H,5H2,1-4,6H3/b8-7+. The third kappa shape index (κ3) is 4.25. The van der Waals surface area contributed by atoms with Gasteiger partial charge >= 0.3 is 0 Å². The van der Waals surface area contributed by atoms with Crippen LogP contribution in [0.15, 0.2) is 30.3 Å². The Bertz CT molecular complexity index is 888. The molecule has 1 heterocycles. The molecule has 0 aliphatic heterocycles. The van der Waals surface area contributed by atoms with Gasteiger partial charge in [0.05, 0.1) is 11.4 Å². The van der Waals surface area contributed by atoms with Crippen LogP contribution in [0, 0.1) is 5.82 Å². The van der Waals surface area contributed by atoms with E-state index in [1.54, 1.807) is 25.4 Å². The topological polar surface area (TPSA) is 46.1 Å². The minimum Gasteiger partial charge on any atom is -0.271 e. The van der Waals surface area contributed by atoms with Crippen LogP contribution in [0.3, 0.4) is 0 Å². The highest BCUT2D eigenvalue weighted by Gasteiger charge is 2.20. The number of hydrogen-bond acceptors (Lipinski definition) is 3. The van der Waals surface area contributed by atoms with Crippen molar-refractivity contribution < 1.29 is 8.60 Å². The average molecular weight is 361 g/mol. The van der Waals surface area contributed by atoms with Gasteiger partial charge in [-0.05, 0) is 43.0 Å². The first-order valence-corrected chi connectivity index (χ1v) is 10.1. The summed E-state index contributed by atoms with van der Waals surface area (Å²) in [5, 5.41) is 0. The number of allylic oxidation sites excluding steroid dienone is 1. The summed E-state index contributed by atoms with van der Waals surface area (Å²) in [6.07, 6.45) is 5.42. The molecule has 0 fully saturated rings. The molecule has 6 heteroatoms. The Labute approximate surface area is 149 Å². The van der Waals surface area contributed by atoms with Crippen molar-refractivity contribution in [3.63, 3.8) is 0 Å². The lowest BCUT2D eigenvalue weighted by molar-refractivity contribution is 0.628. The number of rotatable bonds is 5. The van der Waals surface area contributed by atoms with Crippen LogP contribution in [0.1, 0.15) is 37.9 Å². The Morgan fingerprint density at radius 2 is 1.84 bits per heavy atom. The summed E-state index contributed by atoms with van der Waals surface area (Å²) in [7, 11) is -0.834. The van der Waals surface area contributed by atoms with Gasteiger partial charge in [-0.3, -0.25) is 4.31 Å². The molecule has 134 valence electrons. The normalized spacial score (nSPS) is 14.0. The Morgan fingerprint density at radius 1 is 1.24 bits per heavy atom. The molecule has 0 aliphatic rings. The van der Waals surface area contributed by atoms with Crippen molar-refractivity contribution in [2.45, 2.75) is 26.7 Å². The van der Waals surface area contributed by atoms with Gasteiger partial charge in [0.25, 0.3) is 0 Å². The fraction of sp³-hybridized carbons (Fsp3) is 0.316. The zero-order valence-corrected chi connectivity index (χ0v) is 16.1. The molecule has 2 rings (SSSR count). The Hall–Kier alpha value is -2.21. The van der Waals surface area contributed by atoms with Crippen LogP contribution in [0.4, 0.5) is 10.3 Å². The fourth-order valence-electron chi connectivity index (χ4n) is 2.39. The van der Waals surface area contributed by atoms with Crippen LogP contribution in [0.25, 0.3) is 17.3 Å². The first-order chi connectivity index (χ1) is 11.6. The van der Waals surface area contributed by atoms with Gasteiger partial charge in [0.1, 0.15) is 5.82 Å². The van der Waals surface area contributed by atoms with Crippen molar-refractivity contribution in [1.82, 2.24) is 9.97 Å². The van der Waals surface area contributed by atoms with Crippen LogP contribution in [0.5, 0.6) is 0 Å². The number of anilines is 1. The molecule has 0 amide bonds. The molecule has 0 saturated carbocycles. The largest absolute Gasteiger partial charge is 0.271 e. The Balaban J connectivity index is 2.81. The SMILES string of the molecule is C=S(C)(=O)N(C)c1nc(-c2ccc(F)cc2)c(/C=C/C)c(C(C)C)n1. The number of hydrogen-bond donors (Lipinski definition) is 0. The molecular formula is C19H24FN3OS. The zero-order valence-electron chi connectivity index (χ0n) is 15.3. The molecule has 1 aromatic heterocycles. The van der Waals surface area contributed by atoms with Gasteiger partial charge in [0.2, 0.25) is 5.95 Å². The molecular weight excluding hydrogens is 337 g/mol. The van der Waals surface area contributed by atoms with E-state index in [9.17, 15) is 8.60 Å². The summed E-state index contributed by atoms with van der Waals surface area (Å²) in [6, 6.07) is 6.18. The summed E-state index contributed by atoms with van der Waals surface area (Å²) in [6.45, 7) is 6.01. The maximum Gasteiger partial charge on any atom is 0.237 e. The first kappa shape index (κ1) is 19.1. The van der Waals surface area contributed by atoms with Gasteiger partial charge in [0, 0.05) is 34.1 Å². The first-order valence-electron chi connectivity index (χ1n) is 8.01. The summed E-state index contributed by atoms with van der Waals surface area (Å²) in [5.41, 5.74) is 3.19. The monoisotopic (exact) mass is 361 g/mol. The molecule has 4 nitrogen and oxygen atoms in total. The highest BCUT2D eigenvalue weighted by atomic mass is 32.2. The number of aromatic nitrogens is 2. The van der Waals surface area contributed by atoms with Gasteiger partial charge in [-0.25, -0.2) is 18.6 Å². The maximum atomic E-state index is 13.3. The van der Waals surface area contributed by atoms with Gasteiger partial charge in [-0.2, -0.15) is 0 Å². The van der Waals surface area contributed by atoms with Crippen molar-refractivity contribution in [2.75, 3.05) is 17.6 Å². The average Bonchev–Trinajstić information content (AvgIpc) is 2.54. The van der Waals surface area contributed by atoms with E-state index in [0.29, 0.717) is 11.6 Å². The van der Waals surface area contributed by atoms with E-state index in [-0.39, 0.29) is 11.7 Å². The van der Waals surface area contributed by atoms with E-state index in [4.69, 9.17) is 0 Å². The molecule has 1 unspecified atom stereocenters. The number of halogens is 1. The lowest BCUT2D eigenvalue weighted by atomic mass is 9.98. The summed E-state index contributed by atoms with van der Waals surface area (Å²) in [4.78, 5) is 9.25. The molecule has 2 aromatic rings. The van der Waals surface area contributed by atoms with Crippen molar-refractivity contribution in [1.29, 1.82) is 0 Å². The molecule has 0 saturated heterocycles. The van der Waals surface area contributed by atoms with E-state index in [2.05, 4.69) is 15.8 Å². The lowest BCUT2D eigenvalue weighted by Crippen LogP contribution is -2.27. The number of benzene rings is 1. The number of nitrogens with zero attached hydrogens (tertiary/aromatic N) is 3. The van der Waals surface area contributed by atoms with Crippen molar-refractivity contribution in [3.05, 3.63) is 47.4 Å². The van der Waals surface area contributed by atoms with E-state index in [1.165, 1.54) is 16.4 Å². The van der Waals surface area contributed by atoms with Gasteiger partial charge in [0.15, 0.2) is 0 Å². The van der Waals surface area contributed by atoms with E-state index in [1.807, 2.05) is 32.9 Å². The molecule has 25 heavy (non-hydrogen) atoms. The smallest absolute Gasteiger partial charge is 0.237 e. The van der Waals surface area contributed by atoms with Crippen molar-refractivity contribution in [2.24, 2.45) is 0 Å². The fourth-order valence-corrected chi connectivity index (χ4v) is 2.81. The van der Waals surface area contributed by atoms with Crippen LogP contribution >= 0.6 is 0 Å². The minimum absolute atomic E-state index is 0.137. The predicted octanol–water partition coefficient (Wildman–Crippen LogP) is 4.14. The molecule has 0 bridgehead atoms. The highest BCUT2D eigenvalue weighted by Crippen LogP contribution is 2.31. The predicted molar refractivity (Wildman–Crippen MR) is 106 cm³/mol. The second kappa shape index (κ2) is 7.35. The minimum atomic E-state index is -2.50. The molecule has 1 atom stereocenters. The zero-order chi connectivity index (χ0) is 18.8. The van der Waals surface area contributed by atoms with E-state index < -0.39 is 9.71 Å². The lowest BCUT2D eigenvalue weighted by Gasteiger charge is -2.22. The van der Waals surface area contributed by atoms with Crippen LogP contribution in [-0.4, -0.2) is 33.4 Å². The highest BCUT2D eigenvalue weighted by molar-refractivity contribution is 8.00. The molecule has 0 N–H and O–H groups in total. The summed E-state index contributed by atoms with van der Waals surface area (Å²) < 4.78 is 27.2. The molecule has 0 spiro atoms. The van der Waals surface area contributed by atoms with E-state index in [0.717, 1.165) is 16.8 Å². The summed E-state index contributed by atoms with van der Waals surface area (Å²) in [5.74, 6) is 3.88. The second-order valence-corrected chi connectivity index (χ2v) is 8.76. The third-order valence-corrected chi connectivity index (χ3v) is 5.14. The van der Waals surface area contributed by atoms with E-state index >= 15 is 0 Å². The van der Waals surface area contributed by atoms with Crippen LogP contribution < -0.4 is 4.31 Å². The van der Waals surface area contributed by atoms with Gasteiger partial charge in [-0.1, -0.05) is 26.0 Å². The quantitative estimate of drug-likeness (QED) is 0.752. The maximum absolute atomic E-state index is 13.3. The van der Waals surface area contributed by atoms with Gasteiger partial charge in [-0.15, -0.1) is 0 Å². The Morgan fingerprint density at radius 3 is 2.32 bits per heavy atom. The van der Waals surface area contributed by atoms with Crippen LogP contribution in [-0.2, 0) is 9.71 Å². The molecule has 0 radical (unpaired) electrons. The Kier molecular flexibility index (Phi) is 5.62. The molecule has 0 aliphatic carbocycles. The van der Waals surface area contributed by atoms with Crippen molar-refractivity contribution in [3.8, 4) is 11.3 Å². The molecule has 1 aromatic carbocycles.